The van der Waals surface area contributed by atoms with Gasteiger partial charge in [-0.1, -0.05) is 6.92 Å². The zero-order chi connectivity index (χ0) is 17.4. The van der Waals surface area contributed by atoms with Gasteiger partial charge in [-0.2, -0.15) is 0 Å². The lowest BCUT2D eigenvalue weighted by atomic mass is 10.1. The van der Waals surface area contributed by atoms with Crippen LogP contribution in [0, 0.1) is 0 Å². The molecular weight excluding hydrogens is 306 g/mol. The lowest BCUT2D eigenvalue weighted by Gasteiger charge is -2.43. The first-order valence-electron chi connectivity index (χ1n) is 8.79. The third-order valence-electron chi connectivity index (χ3n) is 4.56. The van der Waals surface area contributed by atoms with Crippen molar-refractivity contribution in [2.75, 3.05) is 44.7 Å². The molecule has 0 unspecified atom stereocenters. The number of piperazine rings is 1. The fraction of sp³-hybridized carbons (Fsp3) is 0.706. The Hall–Kier alpha value is -1.57. The molecule has 1 aromatic heterocycles. The van der Waals surface area contributed by atoms with Crippen LogP contribution in [0.2, 0.25) is 0 Å². The molecule has 1 aliphatic heterocycles. The molecule has 134 valence electrons. The van der Waals surface area contributed by atoms with Gasteiger partial charge in [-0.3, -0.25) is 19.9 Å². The number of anilines is 1. The van der Waals surface area contributed by atoms with E-state index in [2.05, 4.69) is 32.0 Å². The number of nitrogens with zero attached hydrogens (tertiary/aromatic N) is 4. The molecule has 1 aromatic rings. The molecular formula is C17H29N5O2. The minimum Gasteiger partial charge on any atom is -0.380 e. The van der Waals surface area contributed by atoms with E-state index in [1.165, 1.54) is 0 Å². The Morgan fingerprint density at radius 2 is 2.12 bits per heavy atom. The molecule has 7 heteroatoms. The highest BCUT2D eigenvalue weighted by molar-refractivity contribution is 5.93. The Kier molecular flexibility index (Phi) is 7.55. The Balaban J connectivity index is 1.87. The van der Waals surface area contributed by atoms with Crippen molar-refractivity contribution in [3.8, 4) is 0 Å². The minimum absolute atomic E-state index is 0.0566. The molecule has 1 saturated heterocycles. The number of rotatable bonds is 8. The van der Waals surface area contributed by atoms with E-state index in [-0.39, 0.29) is 11.9 Å². The van der Waals surface area contributed by atoms with Gasteiger partial charge in [0.25, 0.3) is 0 Å². The smallest absolute Gasteiger partial charge is 0.243 e. The SMILES string of the molecule is CCOCCN1CCN([C@H](C)C(=O)Nc2ncccn2)C[C@H]1CC. The highest BCUT2D eigenvalue weighted by Crippen LogP contribution is 2.15. The average molecular weight is 335 g/mol. The third-order valence-corrected chi connectivity index (χ3v) is 4.56. The Bertz CT molecular complexity index is 499. The van der Waals surface area contributed by atoms with Gasteiger partial charge in [-0.05, 0) is 26.3 Å². The molecule has 7 nitrogen and oxygen atoms in total. The van der Waals surface area contributed by atoms with Crippen LogP contribution in [0.4, 0.5) is 5.95 Å². The van der Waals surface area contributed by atoms with Gasteiger partial charge in [0.15, 0.2) is 0 Å². The predicted octanol–water partition coefficient (Wildman–Crippen LogP) is 1.24. The lowest BCUT2D eigenvalue weighted by molar-refractivity contribution is -0.122. The lowest BCUT2D eigenvalue weighted by Crippen LogP contribution is -2.57. The van der Waals surface area contributed by atoms with Crippen molar-refractivity contribution in [3.05, 3.63) is 18.5 Å². The van der Waals surface area contributed by atoms with Crippen molar-refractivity contribution < 1.29 is 9.53 Å². The number of carbonyl (C=O) groups is 1. The molecule has 1 aliphatic rings. The van der Waals surface area contributed by atoms with Crippen molar-refractivity contribution in [1.82, 2.24) is 19.8 Å². The summed E-state index contributed by atoms with van der Waals surface area (Å²) in [5.41, 5.74) is 0. The third kappa shape index (κ3) is 5.22. The van der Waals surface area contributed by atoms with Gasteiger partial charge in [0.05, 0.1) is 12.6 Å². The topological polar surface area (TPSA) is 70.6 Å². The summed E-state index contributed by atoms with van der Waals surface area (Å²) in [6, 6.07) is 1.99. The van der Waals surface area contributed by atoms with E-state index in [9.17, 15) is 4.79 Å². The van der Waals surface area contributed by atoms with Crippen molar-refractivity contribution in [3.63, 3.8) is 0 Å². The molecule has 0 spiro atoms. The number of amides is 1. The molecule has 0 radical (unpaired) electrons. The Labute approximate surface area is 144 Å². The summed E-state index contributed by atoms with van der Waals surface area (Å²) >= 11 is 0. The molecule has 2 heterocycles. The van der Waals surface area contributed by atoms with Gasteiger partial charge in [0.2, 0.25) is 11.9 Å². The van der Waals surface area contributed by atoms with Gasteiger partial charge in [-0.15, -0.1) is 0 Å². The summed E-state index contributed by atoms with van der Waals surface area (Å²) in [7, 11) is 0. The van der Waals surface area contributed by atoms with Gasteiger partial charge in [-0.25, -0.2) is 9.97 Å². The van der Waals surface area contributed by atoms with Crippen LogP contribution < -0.4 is 5.32 Å². The molecule has 0 aromatic carbocycles. The van der Waals surface area contributed by atoms with Crippen LogP contribution in [0.5, 0.6) is 0 Å². The zero-order valence-electron chi connectivity index (χ0n) is 14.9. The van der Waals surface area contributed by atoms with E-state index in [1.54, 1.807) is 18.5 Å². The summed E-state index contributed by atoms with van der Waals surface area (Å²) in [6.45, 7) is 11.4. The first kappa shape index (κ1) is 18.8. The molecule has 1 fully saturated rings. The van der Waals surface area contributed by atoms with Crippen LogP contribution in [0.3, 0.4) is 0 Å². The molecule has 1 N–H and O–H groups in total. The molecule has 0 saturated carbocycles. The summed E-state index contributed by atoms with van der Waals surface area (Å²) in [4.78, 5) is 25.2. The average Bonchev–Trinajstić information content (AvgIpc) is 2.62. The van der Waals surface area contributed by atoms with Gasteiger partial charge >= 0.3 is 0 Å². The normalized spacial score (nSPS) is 20.7. The van der Waals surface area contributed by atoms with Crippen molar-refractivity contribution >= 4 is 11.9 Å². The van der Waals surface area contributed by atoms with Crippen molar-refractivity contribution in [2.45, 2.75) is 39.3 Å². The quantitative estimate of drug-likeness (QED) is 0.721. The monoisotopic (exact) mass is 335 g/mol. The van der Waals surface area contributed by atoms with Crippen LogP contribution in [-0.4, -0.2) is 77.2 Å². The van der Waals surface area contributed by atoms with E-state index in [1.807, 2.05) is 13.8 Å². The first-order chi connectivity index (χ1) is 11.7. The highest BCUT2D eigenvalue weighted by Gasteiger charge is 2.30. The fourth-order valence-electron chi connectivity index (χ4n) is 3.02. The molecule has 0 aliphatic carbocycles. The number of hydrogen-bond acceptors (Lipinski definition) is 6. The minimum atomic E-state index is -0.197. The van der Waals surface area contributed by atoms with Crippen LogP contribution in [-0.2, 0) is 9.53 Å². The molecule has 1 amide bonds. The van der Waals surface area contributed by atoms with Crippen LogP contribution in [0.25, 0.3) is 0 Å². The first-order valence-corrected chi connectivity index (χ1v) is 8.79. The summed E-state index contributed by atoms with van der Waals surface area (Å²) in [6.07, 6.45) is 4.31. The largest absolute Gasteiger partial charge is 0.380 e. The summed E-state index contributed by atoms with van der Waals surface area (Å²) in [5.74, 6) is 0.301. The van der Waals surface area contributed by atoms with Gasteiger partial charge in [0.1, 0.15) is 0 Å². The molecule has 24 heavy (non-hydrogen) atoms. The highest BCUT2D eigenvalue weighted by atomic mass is 16.5. The van der Waals surface area contributed by atoms with E-state index >= 15 is 0 Å². The van der Waals surface area contributed by atoms with Crippen molar-refractivity contribution in [2.24, 2.45) is 0 Å². The van der Waals surface area contributed by atoms with Gasteiger partial charge in [0, 0.05) is 51.2 Å². The van der Waals surface area contributed by atoms with E-state index in [0.717, 1.165) is 45.8 Å². The molecule has 2 atom stereocenters. The maximum atomic E-state index is 12.4. The standard InChI is InChI=1S/C17H29N5O2/c1-4-15-13-22(10-9-21(15)11-12-24-5-2)14(3)16(23)20-17-18-7-6-8-19-17/h6-8,14-15H,4-5,9-13H2,1-3H3,(H,18,19,20,23)/t14-,15-/m1/s1. The van der Waals surface area contributed by atoms with Crippen molar-refractivity contribution in [1.29, 1.82) is 0 Å². The molecule has 2 rings (SSSR count). The summed E-state index contributed by atoms with van der Waals surface area (Å²) in [5, 5.41) is 2.79. The Morgan fingerprint density at radius 1 is 1.38 bits per heavy atom. The number of nitrogens with one attached hydrogen (secondary N) is 1. The predicted molar refractivity (Wildman–Crippen MR) is 93.8 cm³/mol. The van der Waals surface area contributed by atoms with Gasteiger partial charge < -0.3 is 4.74 Å². The second-order valence-corrected chi connectivity index (χ2v) is 6.03. The van der Waals surface area contributed by atoms with E-state index in [4.69, 9.17) is 4.74 Å². The van der Waals surface area contributed by atoms with E-state index in [0.29, 0.717) is 12.0 Å². The number of aromatic nitrogens is 2. The number of ether oxygens (including phenoxy) is 1. The maximum absolute atomic E-state index is 12.4. The maximum Gasteiger partial charge on any atom is 0.243 e. The van der Waals surface area contributed by atoms with Crippen LogP contribution in [0.15, 0.2) is 18.5 Å². The summed E-state index contributed by atoms with van der Waals surface area (Å²) < 4.78 is 5.47. The Morgan fingerprint density at radius 3 is 2.79 bits per heavy atom. The second-order valence-electron chi connectivity index (χ2n) is 6.03. The number of hydrogen-bond donors (Lipinski definition) is 1. The molecule has 0 bridgehead atoms. The van der Waals surface area contributed by atoms with Crippen LogP contribution in [0.1, 0.15) is 27.2 Å². The van der Waals surface area contributed by atoms with E-state index < -0.39 is 0 Å². The zero-order valence-corrected chi connectivity index (χ0v) is 14.9. The van der Waals surface area contributed by atoms with Crippen LogP contribution >= 0.6 is 0 Å². The fourth-order valence-corrected chi connectivity index (χ4v) is 3.02. The second kappa shape index (κ2) is 9.66. The number of carbonyl (C=O) groups excluding carboxylic acids is 1.